The summed E-state index contributed by atoms with van der Waals surface area (Å²) in [4.78, 5) is 1.64. The zero-order valence-electron chi connectivity index (χ0n) is 9.15. The fourth-order valence-corrected chi connectivity index (χ4v) is 2.87. The number of hydrogen-bond acceptors (Lipinski definition) is 3. The molecule has 0 radical (unpaired) electrons. The molecule has 0 saturated carbocycles. The van der Waals surface area contributed by atoms with Crippen LogP contribution in [0.4, 0.5) is 5.69 Å². The molecule has 0 unspecified atom stereocenters. The predicted molar refractivity (Wildman–Crippen MR) is 76.2 cm³/mol. The van der Waals surface area contributed by atoms with Crippen molar-refractivity contribution in [2.45, 2.75) is 9.79 Å². The van der Waals surface area contributed by atoms with Crippen LogP contribution in [0.25, 0.3) is 0 Å². The SMILES string of the molecule is N#Cc1c(N)ccc(Sc2ccccc2Cl)c1Cl. The second-order valence-corrected chi connectivity index (χ2v) is 5.36. The quantitative estimate of drug-likeness (QED) is 0.824. The third kappa shape index (κ3) is 2.56. The van der Waals surface area contributed by atoms with E-state index in [-0.39, 0.29) is 0 Å². The highest BCUT2D eigenvalue weighted by molar-refractivity contribution is 7.99. The van der Waals surface area contributed by atoms with E-state index in [1.54, 1.807) is 18.2 Å². The summed E-state index contributed by atoms with van der Waals surface area (Å²) in [5.41, 5.74) is 6.36. The van der Waals surface area contributed by atoms with E-state index >= 15 is 0 Å². The van der Waals surface area contributed by atoms with Gasteiger partial charge in [-0.2, -0.15) is 5.26 Å². The van der Waals surface area contributed by atoms with Crippen LogP contribution < -0.4 is 5.73 Å². The highest BCUT2D eigenvalue weighted by Gasteiger charge is 2.11. The van der Waals surface area contributed by atoms with Crippen molar-refractivity contribution in [3.05, 3.63) is 52.0 Å². The minimum atomic E-state index is 0.300. The van der Waals surface area contributed by atoms with E-state index in [9.17, 15) is 0 Å². The van der Waals surface area contributed by atoms with Crippen LogP contribution in [0.15, 0.2) is 46.2 Å². The van der Waals surface area contributed by atoms with Crippen LogP contribution in [-0.4, -0.2) is 0 Å². The number of rotatable bonds is 2. The lowest BCUT2D eigenvalue weighted by molar-refractivity contribution is 1.38. The summed E-state index contributed by atoms with van der Waals surface area (Å²) < 4.78 is 0. The molecule has 0 aliphatic heterocycles. The molecule has 2 N–H and O–H groups in total. The molecule has 0 atom stereocenters. The second kappa shape index (κ2) is 5.53. The van der Waals surface area contributed by atoms with Crippen LogP contribution in [0, 0.1) is 11.3 Å². The van der Waals surface area contributed by atoms with Gasteiger partial charge in [-0.1, -0.05) is 47.1 Å². The molecule has 0 bridgehead atoms. The van der Waals surface area contributed by atoms with Gasteiger partial charge in [0.15, 0.2) is 0 Å². The van der Waals surface area contributed by atoms with E-state index in [0.717, 1.165) is 9.79 Å². The topological polar surface area (TPSA) is 49.8 Å². The number of hydrogen-bond donors (Lipinski definition) is 1. The van der Waals surface area contributed by atoms with Crippen molar-refractivity contribution >= 4 is 40.7 Å². The number of halogens is 2. The number of anilines is 1. The third-order valence-corrected chi connectivity index (χ3v) is 4.39. The number of nitrogens with zero attached hydrogens (tertiary/aromatic N) is 1. The molecule has 2 aromatic rings. The van der Waals surface area contributed by atoms with Crippen molar-refractivity contribution in [2.75, 3.05) is 5.73 Å². The molecule has 2 rings (SSSR count). The van der Waals surface area contributed by atoms with E-state index in [0.29, 0.717) is 21.3 Å². The molecule has 2 nitrogen and oxygen atoms in total. The molecule has 0 spiro atoms. The minimum absolute atomic E-state index is 0.300. The molecule has 0 amide bonds. The van der Waals surface area contributed by atoms with Gasteiger partial charge in [0.1, 0.15) is 6.07 Å². The van der Waals surface area contributed by atoms with Gasteiger partial charge < -0.3 is 5.73 Å². The van der Waals surface area contributed by atoms with E-state index in [2.05, 4.69) is 0 Å². The molecule has 0 saturated heterocycles. The van der Waals surface area contributed by atoms with E-state index in [1.807, 2.05) is 24.3 Å². The van der Waals surface area contributed by atoms with Crippen LogP contribution in [-0.2, 0) is 0 Å². The van der Waals surface area contributed by atoms with Gasteiger partial charge in [0.25, 0.3) is 0 Å². The second-order valence-electron chi connectivity index (χ2n) is 3.49. The minimum Gasteiger partial charge on any atom is -0.398 e. The molecule has 0 aromatic heterocycles. The van der Waals surface area contributed by atoms with Crippen molar-refractivity contribution in [3.8, 4) is 6.07 Å². The number of benzene rings is 2. The average molecular weight is 295 g/mol. The van der Waals surface area contributed by atoms with Gasteiger partial charge in [-0.05, 0) is 24.3 Å². The summed E-state index contributed by atoms with van der Waals surface area (Å²) in [5, 5.41) is 10.0. The smallest absolute Gasteiger partial charge is 0.103 e. The summed E-state index contributed by atoms with van der Waals surface area (Å²) in [7, 11) is 0. The highest BCUT2D eigenvalue weighted by Crippen LogP contribution is 2.39. The Morgan fingerprint density at radius 1 is 1.06 bits per heavy atom. The molecular weight excluding hydrogens is 287 g/mol. The predicted octanol–water partition coefficient (Wildman–Crippen LogP) is 4.60. The van der Waals surface area contributed by atoms with Crippen molar-refractivity contribution < 1.29 is 0 Å². The van der Waals surface area contributed by atoms with Gasteiger partial charge in [-0.25, -0.2) is 0 Å². The van der Waals surface area contributed by atoms with Crippen LogP contribution in [0.1, 0.15) is 5.56 Å². The first kappa shape index (κ1) is 13.1. The summed E-state index contributed by atoms with van der Waals surface area (Å²) in [6.07, 6.45) is 0. The number of nitrogens with two attached hydrogens (primary N) is 1. The van der Waals surface area contributed by atoms with Gasteiger partial charge in [-0.3, -0.25) is 0 Å². The molecule has 18 heavy (non-hydrogen) atoms. The summed E-state index contributed by atoms with van der Waals surface area (Å²) in [6, 6.07) is 12.9. The van der Waals surface area contributed by atoms with Crippen LogP contribution >= 0.6 is 35.0 Å². The molecule has 2 aromatic carbocycles. The van der Waals surface area contributed by atoms with Crippen molar-refractivity contribution in [2.24, 2.45) is 0 Å². The fourth-order valence-electron chi connectivity index (χ4n) is 1.41. The molecule has 90 valence electrons. The molecule has 5 heteroatoms. The maximum Gasteiger partial charge on any atom is 0.103 e. The van der Waals surface area contributed by atoms with Crippen LogP contribution in [0.5, 0.6) is 0 Å². The monoisotopic (exact) mass is 294 g/mol. The lowest BCUT2D eigenvalue weighted by Gasteiger charge is -2.08. The number of nitrogen functional groups attached to an aromatic ring is 1. The number of nitriles is 1. The van der Waals surface area contributed by atoms with Crippen LogP contribution in [0.2, 0.25) is 10.0 Å². The molecule has 0 aliphatic rings. The van der Waals surface area contributed by atoms with Gasteiger partial charge in [0.2, 0.25) is 0 Å². The van der Waals surface area contributed by atoms with Gasteiger partial charge in [0.05, 0.1) is 21.3 Å². The normalized spacial score (nSPS) is 10.1. The first-order valence-corrected chi connectivity index (χ1v) is 6.61. The molecule has 0 aliphatic carbocycles. The largest absolute Gasteiger partial charge is 0.398 e. The zero-order valence-corrected chi connectivity index (χ0v) is 11.5. The Bertz CT molecular complexity index is 635. The summed E-state index contributed by atoms with van der Waals surface area (Å²) in [5.74, 6) is 0. The maximum absolute atomic E-state index is 8.99. The molecular formula is C13H8Cl2N2S. The van der Waals surface area contributed by atoms with E-state index < -0.39 is 0 Å². The Morgan fingerprint density at radius 3 is 2.44 bits per heavy atom. The first-order chi connectivity index (χ1) is 8.63. The lowest BCUT2D eigenvalue weighted by atomic mass is 10.2. The van der Waals surface area contributed by atoms with Gasteiger partial charge in [0, 0.05) is 9.79 Å². The average Bonchev–Trinajstić information content (AvgIpc) is 2.36. The zero-order chi connectivity index (χ0) is 13.1. The fraction of sp³-hybridized carbons (Fsp3) is 0. The van der Waals surface area contributed by atoms with Crippen molar-refractivity contribution in [1.82, 2.24) is 0 Å². The lowest BCUT2D eigenvalue weighted by Crippen LogP contribution is -1.92. The molecule has 0 fully saturated rings. The van der Waals surface area contributed by atoms with Gasteiger partial charge >= 0.3 is 0 Å². The standard InChI is InChI=1S/C13H8Cl2N2S/c14-9-3-1-2-4-11(9)18-12-6-5-10(17)8(7-16)13(12)15/h1-6H,17H2. The summed E-state index contributed by atoms with van der Waals surface area (Å²) >= 11 is 13.6. The Balaban J connectivity index is 2.43. The van der Waals surface area contributed by atoms with Gasteiger partial charge in [-0.15, -0.1) is 0 Å². The highest BCUT2D eigenvalue weighted by atomic mass is 35.5. The van der Waals surface area contributed by atoms with Crippen LogP contribution in [0.3, 0.4) is 0 Å². The Labute approximate surface area is 119 Å². The maximum atomic E-state index is 8.99. The van der Waals surface area contributed by atoms with Crippen molar-refractivity contribution in [3.63, 3.8) is 0 Å². The summed E-state index contributed by atoms with van der Waals surface area (Å²) in [6.45, 7) is 0. The first-order valence-electron chi connectivity index (χ1n) is 5.04. The molecule has 0 heterocycles. The third-order valence-electron chi connectivity index (χ3n) is 2.31. The Kier molecular flexibility index (Phi) is 4.03. The Hall–Kier alpha value is -1.34. The van der Waals surface area contributed by atoms with E-state index in [4.69, 9.17) is 34.2 Å². The Morgan fingerprint density at radius 2 is 1.78 bits per heavy atom. The van der Waals surface area contributed by atoms with E-state index in [1.165, 1.54) is 11.8 Å². The van der Waals surface area contributed by atoms with Crippen molar-refractivity contribution in [1.29, 1.82) is 5.26 Å².